The molecular weight excluding hydrogens is 198 g/mol. The van der Waals surface area contributed by atoms with Crippen LogP contribution in [0, 0.1) is 5.92 Å². The highest BCUT2D eigenvalue weighted by Crippen LogP contribution is 2.32. The summed E-state index contributed by atoms with van der Waals surface area (Å²) in [6, 6.07) is 9.30. The molecule has 0 saturated heterocycles. The smallest absolute Gasteiger partial charge is 0.0924 e. The van der Waals surface area contributed by atoms with E-state index in [4.69, 9.17) is 0 Å². The van der Waals surface area contributed by atoms with Gasteiger partial charge in [0.1, 0.15) is 0 Å². The highest BCUT2D eigenvalue weighted by atomic mass is 15.1. The molecule has 1 aliphatic carbocycles. The maximum Gasteiger partial charge on any atom is 0.0924 e. The molecule has 1 aromatic carbocycles. The average Bonchev–Trinajstić information content (AvgIpc) is 2.82. The topological polar surface area (TPSA) is 40.7 Å². The number of aromatic nitrogens is 2. The molecule has 1 unspecified atom stereocenters. The van der Waals surface area contributed by atoms with Gasteiger partial charge in [0, 0.05) is 17.5 Å². The van der Waals surface area contributed by atoms with Crippen molar-refractivity contribution in [3.05, 3.63) is 30.0 Å². The minimum Gasteiger partial charge on any atom is -0.306 e. The van der Waals surface area contributed by atoms with Gasteiger partial charge in [-0.1, -0.05) is 25.1 Å². The van der Waals surface area contributed by atoms with Crippen molar-refractivity contribution in [2.75, 3.05) is 0 Å². The largest absolute Gasteiger partial charge is 0.306 e. The van der Waals surface area contributed by atoms with Crippen molar-refractivity contribution in [2.24, 2.45) is 5.92 Å². The van der Waals surface area contributed by atoms with Crippen LogP contribution in [-0.4, -0.2) is 16.2 Å². The lowest BCUT2D eigenvalue weighted by molar-refractivity contribution is 0.542. The molecule has 1 aromatic heterocycles. The second-order valence-electron chi connectivity index (χ2n) is 4.86. The van der Waals surface area contributed by atoms with Crippen molar-refractivity contribution in [1.29, 1.82) is 0 Å². The molecule has 1 heterocycles. The Balaban J connectivity index is 1.87. The Hall–Kier alpha value is -1.35. The number of nitrogens with zero attached hydrogens (tertiary/aromatic N) is 1. The van der Waals surface area contributed by atoms with E-state index >= 15 is 0 Å². The molecule has 16 heavy (non-hydrogen) atoms. The summed E-state index contributed by atoms with van der Waals surface area (Å²) in [6.45, 7) is 4.49. The van der Waals surface area contributed by atoms with Crippen molar-refractivity contribution in [2.45, 2.75) is 32.4 Å². The quantitative estimate of drug-likeness (QED) is 0.826. The zero-order valence-corrected chi connectivity index (χ0v) is 9.70. The zero-order valence-electron chi connectivity index (χ0n) is 9.70. The summed E-state index contributed by atoms with van der Waals surface area (Å²) in [4.78, 5) is 0. The molecule has 3 heteroatoms. The van der Waals surface area contributed by atoms with Gasteiger partial charge in [-0.05, 0) is 25.3 Å². The van der Waals surface area contributed by atoms with Crippen LogP contribution in [0.15, 0.2) is 24.3 Å². The molecule has 1 fully saturated rings. The Morgan fingerprint density at radius 2 is 2.19 bits per heavy atom. The van der Waals surface area contributed by atoms with Gasteiger partial charge in [0.05, 0.1) is 11.2 Å². The maximum atomic E-state index is 4.32. The highest BCUT2D eigenvalue weighted by Gasteiger charge is 2.33. The number of aromatic amines is 1. The third kappa shape index (κ3) is 1.61. The minimum atomic E-state index is 0.349. The first-order valence-corrected chi connectivity index (χ1v) is 5.95. The second kappa shape index (κ2) is 3.59. The van der Waals surface area contributed by atoms with Crippen LogP contribution in [0.5, 0.6) is 0 Å². The number of para-hydroxylation sites is 1. The van der Waals surface area contributed by atoms with Crippen molar-refractivity contribution in [3.8, 4) is 0 Å². The molecule has 84 valence electrons. The molecule has 1 saturated carbocycles. The molecule has 0 bridgehead atoms. The molecular formula is C13H17N3. The average molecular weight is 215 g/mol. The van der Waals surface area contributed by atoms with E-state index in [1.807, 2.05) is 12.1 Å². The van der Waals surface area contributed by atoms with Gasteiger partial charge in [-0.15, -0.1) is 0 Å². The van der Waals surface area contributed by atoms with Gasteiger partial charge in [0.2, 0.25) is 0 Å². The van der Waals surface area contributed by atoms with Crippen LogP contribution in [0.3, 0.4) is 0 Å². The number of hydrogen-bond donors (Lipinski definition) is 2. The van der Waals surface area contributed by atoms with Crippen molar-refractivity contribution < 1.29 is 0 Å². The van der Waals surface area contributed by atoms with E-state index in [9.17, 15) is 0 Å². The van der Waals surface area contributed by atoms with Crippen LogP contribution >= 0.6 is 0 Å². The lowest BCUT2D eigenvalue weighted by Gasteiger charge is -2.11. The molecule has 0 amide bonds. The molecule has 2 aromatic rings. The van der Waals surface area contributed by atoms with Gasteiger partial charge in [0.25, 0.3) is 0 Å². The molecule has 1 aliphatic rings. The SMILES string of the molecule is CC(N[C@@H]1C[C@H]1C)c1[nH]nc2ccccc12. The fourth-order valence-electron chi connectivity index (χ4n) is 2.27. The monoisotopic (exact) mass is 215 g/mol. The first-order valence-electron chi connectivity index (χ1n) is 5.95. The standard InChI is InChI=1S/C13H17N3/c1-8-7-12(8)14-9(2)13-10-5-3-4-6-11(10)15-16-13/h3-6,8-9,12,14H,7H2,1-2H3,(H,15,16)/t8-,9?,12-/m1/s1. The van der Waals surface area contributed by atoms with E-state index < -0.39 is 0 Å². The third-order valence-corrected chi connectivity index (χ3v) is 3.50. The van der Waals surface area contributed by atoms with Crippen LogP contribution in [0.25, 0.3) is 10.9 Å². The normalized spacial score (nSPS) is 25.9. The summed E-state index contributed by atoms with van der Waals surface area (Å²) >= 11 is 0. The van der Waals surface area contributed by atoms with E-state index in [-0.39, 0.29) is 0 Å². The summed E-state index contributed by atoms with van der Waals surface area (Å²) in [6.07, 6.45) is 1.30. The lowest BCUT2D eigenvalue weighted by Crippen LogP contribution is -2.22. The Kier molecular flexibility index (Phi) is 2.21. The summed E-state index contributed by atoms with van der Waals surface area (Å²) in [5.41, 5.74) is 2.25. The molecule has 0 radical (unpaired) electrons. The van der Waals surface area contributed by atoms with Gasteiger partial charge >= 0.3 is 0 Å². The summed E-state index contributed by atoms with van der Waals surface area (Å²) in [5.74, 6) is 0.830. The molecule has 3 nitrogen and oxygen atoms in total. The number of hydrogen-bond acceptors (Lipinski definition) is 2. The molecule has 3 atom stereocenters. The zero-order chi connectivity index (χ0) is 11.1. The van der Waals surface area contributed by atoms with Crippen LogP contribution in [0.4, 0.5) is 0 Å². The Morgan fingerprint density at radius 1 is 1.44 bits per heavy atom. The van der Waals surface area contributed by atoms with E-state index in [0.717, 1.165) is 11.4 Å². The molecule has 0 aliphatic heterocycles. The fourth-order valence-corrected chi connectivity index (χ4v) is 2.27. The predicted molar refractivity (Wildman–Crippen MR) is 65.2 cm³/mol. The van der Waals surface area contributed by atoms with E-state index in [0.29, 0.717) is 12.1 Å². The highest BCUT2D eigenvalue weighted by molar-refractivity contribution is 5.81. The molecule has 3 rings (SSSR count). The molecule has 0 spiro atoms. The van der Waals surface area contributed by atoms with Gasteiger partial charge in [-0.25, -0.2) is 0 Å². The van der Waals surface area contributed by atoms with Crippen molar-refractivity contribution in [3.63, 3.8) is 0 Å². The third-order valence-electron chi connectivity index (χ3n) is 3.50. The summed E-state index contributed by atoms with van der Waals surface area (Å²) in [5, 5.41) is 12.3. The van der Waals surface area contributed by atoms with E-state index in [2.05, 4.69) is 41.5 Å². The van der Waals surface area contributed by atoms with E-state index in [1.54, 1.807) is 0 Å². The first kappa shape index (κ1) is 9.85. The molecule has 2 N–H and O–H groups in total. The maximum absolute atomic E-state index is 4.32. The van der Waals surface area contributed by atoms with Crippen LogP contribution in [-0.2, 0) is 0 Å². The number of rotatable bonds is 3. The van der Waals surface area contributed by atoms with Crippen molar-refractivity contribution in [1.82, 2.24) is 15.5 Å². The number of H-pyrrole nitrogens is 1. The lowest BCUT2D eigenvalue weighted by atomic mass is 10.1. The predicted octanol–water partition coefficient (Wildman–Crippen LogP) is 2.62. The van der Waals surface area contributed by atoms with E-state index in [1.165, 1.54) is 17.5 Å². The van der Waals surface area contributed by atoms with Crippen LogP contribution < -0.4 is 5.32 Å². The van der Waals surface area contributed by atoms with Crippen LogP contribution in [0.2, 0.25) is 0 Å². The summed E-state index contributed by atoms with van der Waals surface area (Å²) < 4.78 is 0. The minimum absolute atomic E-state index is 0.349. The first-order chi connectivity index (χ1) is 7.75. The van der Waals surface area contributed by atoms with Gasteiger partial charge < -0.3 is 5.32 Å². The number of fused-ring (bicyclic) bond motifs is 1. The Bertz CT molecular complexity index is 503. The van der Waals surface area contributed by atoms with Gasteiger partial charge in [-0.3, -0.25) is 5.10 Å². The second-order valence-corrected chi connectivity index (χ2v) is 4.86. The van der Waals surface area contributed by atoms with Crippen molar-refractivity contribution >= 4 is 10.9 Å². The van der Waals surface area contributed by atoms with Gasteiger partial charge in [-0.2, -0.15) is 5.10 Å². The van der Waals surface area contributed by atoms with Gasteiger partial charge in [0.15, 0.2) is 0 Å². The Labute approximate surface area is 95.2 Å². The number of nitrogens with one attached hydrogen (secondary N) is 2. The summed E-state index contributed by atoms with van der Waals surface area (Å²) in [7, 11) is 0. The number of benzene rings is 1. The fraction of sp³-hybridized carbons (Fsp3) is 0.462. The van der Waals surface area contributed by atoms with Crippen LogP contribution in [0.1, 0.15) is 32.0 Å². The Morgan fingerprint density at radius 3 is 2.94 bits per heavy atom.